The highest BCUT2D eigenvalue weighted by Crippen LogP contribution is 2.44. The third-order valence-electron chi connectivity index (χ3n) is 5.57. The number of hydrogen-bond donors (Lipinski definition) is 4. The van der Waals surface area contributed by atoms with Crippen molar-refractivity contribution in [2.24, 2.45) is 0 Å². The lowest BCUT2D eigenvalue weighted by atomic mass is 9.98. The quantitative estimate of drug-likeness (QED) is 0.363. The lowest BCUT2D eigenvalue weighted by molar-refractivity contribution is -0.141. The van der Waals surface area contributed by atoms with Gasteiger partial charge in [-0.1, -0.05) is 54.6 Å². The first-order valence-electron chi connectivity index (χ1n) is 10.8. The number of ether oxygens (including phenoxy) is 1. The Balaban J connectivity index is 1.24. The molecule has 1 aromatic heterocycles. The van der Waals surface area contributed by atoms with E-state index < -0.39 is 24.0 Å². The van der Waals surface area contributed by atoms with Gasteiger partial charge >= 0.3 is 12.1 Å². The van der Waals surface area contributed by atoms with Crippen molar-refractivity contribution in [1.29, 1.82) is 0 Å². The average Bonchev–Trinajstić information content (AvgIpc) is 3.46. The number of imidazole rings is 1. The van der Waals surface area contributed by atoms with Gasteiger partial charge in [-0.2, -0.15) is 0 Å². The number of fused-ring (bicyclic) bond motifs is 3. The first kappa shape index (κ1) is 22.8. The molecule has 9 heteroatoms. The smallest absolute Gasteiger partial charge is 0.407 e. The van der Waals surface area contributed by atoms with E-state index in [0.29, 0.717) is 5.69 Å². The molecule has 34 heavy (non-hydrogen) atoms. The molecule has 2 aromatic carbocycles. The number of carboxylic acid groups (broad SMARTS) is 1. The molecular weight excluding hydrogens is 436 g/mol. The fourth-order valence-corrected chi connectivity index (χ4v) is 3.99. The van der Waals surface area contributed by atoms with Gasteiger partial charge in [-0.25, -0.2) is 14.6 Å². The van der Waals surface area contributed by atoms with Gasteiger partial charge in [0.25, 0.3) is 0 Å². The summed E-state index contributed by atoms with van der Waals surface area (Å²) in [5.41, 5.74) is 5.13. The van der Waals surface area contributed by atoms with Gasteiger partial charge < -0.3 is 25.5 Å². The van der Waals surface area contributed by atoms with Crippen LogP contribution < -0.4 is 10.6 Å². The highest BCUT2D eigenvalue weighted by atomic mass is 16.5. The summed E-state index contributed by atoms with van der Waals surface area (Å²) < 4.78 is 5.43. The number of hydrogen-bond acceptors (Lipinski definition) is 5. The lowest BCUT2D eigenvalue weighted by Crippen LogP contribution is -2.41. The lowest BCUT2D eigenvalue weighted by Gasteiger charge is -2.14. The van der Waals surface area contributed by atoms with Crippen LogP contribution in [-0.4, -0.2) is 52.2 Å². The SMILES string of the molecule is O=C(/C=C/CNC(=O)OCC1c2ccccc2-c2ccccc21)N[C@@H](Cc1cnc[nH]1)C(=O)O. The summed E-state index contributed by atoms with van der Waals surface area (Å²) >= 11 is 0. The van der Waals surface area contributed by atoms with Crippen molar-refractivity contribution in [3.8, 4) is 11.1 Å². The Morgan fingerprint density at radius 3 is 2.38 bits per heavy atom. The van der Waals surface area contributed by atoms with Gasteiger partial charge in [0.2, 0.25) is 5.91 Å². The van der Waals surface area contributed by atoms with Gasteiger partial charge in [0.15, 0.2) is 0 Å². The molecule has 0 radical (unpaired) electrons. The molecule has 1 heterocycles. The summed E-state index contributed by atoms with van der Waals surface area (Å²) in [6.07, 6.45) is 5.00. The van der Waals surface area contributed by atoms with Gasteiger partial charge in [0, 0.05) is 36.9 Å². The topological polar surface area (TPSA) is 133 Å². The average molecular weight is 460 g/mol. The fraction of sp³-hybridized carbons (Fsp3) is 0.200. The minimum Gasteiger partial charge on any atom is -0.480 e. The molecule has 3 aromatic rings. The number of amides is 2. The minimum atomic E-state index is -1.16. The number of nitrogens with zero attached hydrogens (tertiary/aromatic N) is 1. The number of carbonyl (C=O) groups is 3. The first-order valence-corrected chi connectivity index (χ1v) is 10.8. The molecular formula is C25H24N4O5. The second kappa shape index (κ2) is 10.5. The van der Waals surface area contributed by atoms with Crippen molar-refractivity contribution in [1.82, 2.24) is 20.6 Å². The Morgan fingerprint density at radius 1 is 1.09 bits per heavy atom. The molecule has 0 bridgehead atoms. The maximum Gasteiger partial charge on any atom is 0.407 e. The second-order valence-electron chi connectivity index (χ2n) is 7.79. The van der Waals surface area contributed by atoms with E-state index in [2.05, 4.69) is 32.7 Å². The highest BCUT2D eigenvalue weighted by Gasteiger charge is 2.28. The number of nitrogens with one attached hydrogen (secondary N) is 3. The van der Waals surface area contributed by atoms with Crippen LogP contribution in [0.15, 0.2) is 73.2 Å². The van der Waals surface area contributed by atoms with Crippen molar-refractivity contribution in [3.63, 3.8) is 0 Å². The van der Waals surface area contributed by atoms with Crippen LogP contribution in [-0.2, 0) is 20.7 Å². The minimum absolute atomic E-state index is 0.0395. The zero-order chi connectivity index (χ0) is 23.9. The van der Waals surface area contributed by atoms with E-state index in [1.54, 1.807) is 0 Å². The number of aromatic nitrogens is 2. The Hall–Kier alpha value is -4.40. The van der Waals surface area contributed by atoms with Crippen molar-refractivity contribution in [2.75, 3.05) is 13.2 Å². The second-order valence-corrected chi connectivity index (χ2v) is 7.79. The molecule has 9 nitrogen and oxygen atoms in total. The van der Waals surface area contributed by atoms with Crippen molar-refractivity contribution in [2.45, 2.75) is 18.4 Å². The highest BCUT2D eigenvalue weighted by molar-refractivity contribution is 5.91. The van der Waals surface area contributed by atoms with Crippen molar-refractivity contribution < 1.29 is 24.2 Å². The van der Waals surface area contributed by atoms with Crippen LogP contribution in [0.3, 0.4) is 0 Å². The summed E-state index contributed by atoms with van der Waals surface area (Å²) in [6, 6.07) is 15.0. The van der Waals surface area contributed by atoms with Gasteiger partial charge in [-0.3, -0.25) is 4.79 Å². The number of H-pyrrole nitrogens is 1. The number of carbonyl (C=O) groups excluding carboxylic acids is 2. The van der Waals surface area contributed by atoms with E-state index in [1.165, 1.54) is 24.7 Å². The van der Waals surface area contributed by atoms with Gasteiger partial charge in [0.1, 0.15) is 12.6 Å². The molecule has 0 saturated carbocycles. The molecule has 4 N–H and O–H groups in total. The standard InChI is InChI=1S/C25H24N4O5/c30-23(29-22(24(31)32)12-16-13-26-15-28-16)10-5-11-27-25(33)34-14-21-19-8-3-1-6-17(19)18-7-2-4-9-20(18)21/h1-10,13,15,21-22H,11-12,14H2,(H,26,28)(H,27,33)(H,29,30)(H,31,32)/b10-5+/t22-/m0/s1. The first-order chi connectivity index (χ1) is 16.5. The van der Waals surface area contributed by atoms with Crippen LogP contribution in [0.4, 0.5) is 4.79 Å². The van der Waals surface area contributed by atoms with Crippen LogP contribution in [0.2, 0.25) is 0 Å². The maximum atomic E-state index is 12.2. The van der Waals surface area contributed by atoms with Gasteiger partial charge in [-0.05, 0) is 22.3 Å². The summed E-state index contributed by atoms with van der Waals surface area (Å²) in [7, 11) is 0. The van der Waals surface area contributed by atoms with Crippen LogP contribution in [0, 0.1) is 0 Å². The fourth-order valence-electron chi connectivity index (χ4n) is 3.99. The van der Waals surface area contributed by atoms with Crippen molar-refractivity contribution in [3.05, 3.63) is 90.0 Å². The molecule has 0 spiro atoms. The van der Waals surface area contributed by atoms with E-state index in [0.717, 1.165) is 22.3 Å². The predicted octanol–water partition coefficient (Wildman–Crippen LogP) is 2.62. The Labute approximate surface area is 195 Å². The third-order valence-corrected chi connectivity index (χ3v) is 5.57. The Morgan fingerprint density at radius 2 is 1.76 bits per heavy atom. The van der Waals surface area contributed by atoms with E-state index in [1.807, 2.05) is 36.4 Å². The van der Waals surface area contributed by atoms with Crippen molar-refractivity contribution >= 4 is 18.0 Å². The normalized spacial score (nSPS) is 13.2. The molecule has 1 aliphatic carbocycles. The summed E-state index contributed by atoms with van der Waals surface area (Å²) in [6.45, 7) is 0.250. The van der Waals surface area contributed by atoms with Crippen LogP contribution in [0.1, 0.15) is 22.7 Å². The largest absolute Gasteiger partial charge is 0.480 e. The summed E-state index contributed by atoms with van der Waals surface area (Å²) in [5, 5.41) is 14.3. The van der Waals surface area contributed by atoms with Crippen LogP contribution in [0.5, 0.6) is 0 Å². The number of carboxylic acids is 1. The van der Waals surface area contributed by atoms with Gasteiger partial charge in [0.05, 0.1) is 6.33 Å². The van der Waals surface area contributed by atoms with Crippen LogP contribution >= 0.6 is 0 Å². The molecule has 2 amide bonds. The van der Waals surface area contributed by atoms with E-state index in [-0.39, 0.29) is 25.5 Å². The van der Waals surface area contributed by atoms with E-state index in [9.17, 15) is 19.5 Å². The molecule has 4 rings (SSSR count). The molecule has 0 unspecified atom stereocenters. The molecule has 174 valence electrons. The number of aromatic amines is 1. The summed E-state index contributed by atoms with van der Waals surface area (Å²) in [4.78, 5) is 42.2. The zero-order valence-electron chi connectivity index (χ0n) is 18.2. The third kappa shape index (κ3) is 5.32. The monoisotopic (exact) mass is 460 g/mol. The van der Waals surface area contributed by atoms with Crippen LogP contribution in [0.25, 0.3) is 11.1 Å². The van der Waals surface area contributed by atoms with E-state index >= 15 is 0 Å². The molecule has 1 atom stereocenters. The predicted molar refractivity (Wildman–Crippen MR) is 124 cm³/mol. The summed E-state index contributed by atoms with van der Waals surface area (Å²) in [5.74, 6) is -1.78. The molecule has 1 aliphatic rings. The number of alkyl carbamates (subject to hydrolysis) is 1. The Bertz CT molecular complexity index is 1160. The Kier molecular flexibility index (Phi) is 7.02. The zero-order valence-corrected chi connectivity index (χ0v) is 18.2. The number of aliphatic carboxylic acids is 1. The maximum absolute atomic E-state index is 12.2. The van der Waals surface area contributed by atoms with Gasteiger partial charge in [-0.15, -0.1) is 0 Å². The molecule has 0 fully saturated rings. The molecule has 0 saturated heterocycles. The van der Waals surface area contributed by atoms with E-state index in [4.69, 9.17) is 4.74 Å². The number of rotatable bonds is 9. The molecule has 0 aliphatic heterocycles. The number of benzene rings is 2.